The molecule has 0 spiro atoms. The van der Waals surface area contributed by atoms with Crippen molar-refractivity contribution >= 4 is 0 Å². The first-order chi connectivity index (χ1) is 7.85. The second-order valence-corrected chi connectivity index (χ2v) is 6.84. The highest BCUT2D eigenvalue weighted by Gasteiger charge is 2.49. The van der Waals surface area contributed by atoms with Crippen molar-refractivity contribution in [1.29, 1.82) is 0 Å². The van der Waals surface area contributed by atoms with Crippen LogP contribution in [0.25, 0.3) is 0 Å². The lowest BCUT2D eigenvalue weighted by molar-refractivity contribution is -0.0590. The molecule has 0 N–H and O–H groups in total. The van der Waals surface area contributed by atoms with Gasteiger partial charge in [0.1, 0.15) is 0 Å². The Bertz CT molecular complexity index is 210. The van der Waals surface area contributed by atoms with Gasteiger partial charge in [-0.2, -0.15) is 0 Å². The predicted octanol–water partition coefficient (Wildman–Crippen LogP) is 5.17. The van der Waals surface area contributed by atoms with Crippen molar-refractivity contribution in [3.8, 4) is 0 Å². The fraction of sp³-hybridized carbons (Fsp3) is 1.00. The van der Waals surface area contributed by atoms with Crippen LogP contribution in [-0.2, 0) is 0 Å². The predicted molar refractivity (Wildman–Crippen MR) is 69.4 cm³/mol. The van der Waals surface area contributed by atoms with Gasteiger partial charge in [-0.05, 0) is 74.5 Å². The zero-order valence-corrected chi connectivity index (χ0v) is 11.0. The molecule has 0 aromatic carbocycles. The van der Waals surface area contributed by atoms with Crippen LogP contribution in [0.15, 0.2) is 0 Å². The Hall–Kier alpha value is 0. The van der Waals surface area contributed by atoms with E-state index in [4.69, 9.17) is 0 Å². The lowest BCUT2D eigenvalue weighted by atomic mass is 9.49. The molecule has 92 valence electrons. The zero-order chi connectivity index (χ0) is 11.0. The third kappa shape index (κ3) is 1.64. The summed E-state index contributed by atoms with van der Waals surface area (Å²) in [5, 5.41) is 0. The molecule has 0 amide bonds. The molecule has 0 aromatic rings. The fourth-order valence-corrected chi connectivity index (χ4v) is 4.74. The van der Waals surface area contributed by atoms with Gasteiger partial charge in [0.15, 0.2) is 0 Å². The van der Waals surface area contributed by atoms with E-state index in [0.717, 1.165) is 23.2 Å². The van der Waals surface area contributed by atoms with Crippen LogP contribution in [0.2, 0.25) is 0 Å². The SMILES string of the molecule is CCC1CCC(C2CCC2)(C2CCC2)CC1. The van der Waals surface area contributed by atoms with Crippen molar-refractivity contribution in [1.82, 2.24) is 0 Å². The van der Waals surface area contributed by atoms with E-state index in [1.165, 1.54) is 19.3 Å². The Labute approximate surface area is 101 Å². The summed E-state index contributed by atoms with van der Waals surface area (Å²) in [7, 11) is 0. The molecule has 3 saturated carbocycles. The molecule has 0 bridgehead atoms. The summed E-state index contributed by atoms with van der Waals surface area (Å²) in [6.07, 6.45) is 17.1. The van der Waals surface area contributed by atoms with Crippen molar-refractivity contribution in [2.24, 2.45) is 23.2 Å². The number of hydrogen-bond donors (Lipinski definition) is 0. The third-order valence-corrected chi connectivity index (χ3v) is 6.45. The Morgan fingerprint density at radius 3 is 1.62 bits per heavy atom. The van der Waals surface area contributed by atoms with E-state index in [2.05, 4.69) is 6.92 Å². The van der Waals surface area contributed by atoms with E-state index < -0.39 is 0 Å². The average molecular weight is 220 g/mol. The molecule has 0 aromatic heterocycles. The number of rotatable bonds is 3. The normalized spacial score (nSPS) is 32.1. The molecule has 0 aliphatic heterocycles. The second-order valence-electron chi connectivity index (χ2n) is 6.84. The first-order valence-corrected chi connectivity index (χ1v) is 7.85. The Morgan fingerprint density at radius 1 is 0.812 bits per heavy atom. The van der Waals surface area contributed by atoms with E-state index in [9.17, 15) is 0 Å². The minimum atomic E-state index is 0.849. The quantitative estimate of drug-likeness (QED) is 0.615. The van der Waals surface area contributed by atoms with Crippen LogP contribution in [0.4, 0.5) is 0 Å². The second kappa shape index (κ2) is 4.35. The van der Waals surface area contributed by atoms with Crippen LogP contribution in [-0.4, -0.2) is 0 Å². The summed E-state index contributed by atoms with van der Waals surface area (Å²) >= 11 is 0. The molecular weight excluding hydrogens is 192 g/mol. The van der Waals surface area contributed by atoms with E-state index in [0.29, 0.717) is 0 Å². The first-order valence-electron chi connectivity index (χ1n) is 7.85. The van der Waals surface area contributed by atoms with Gasteiger partial charge in [-0.15, -0.1) is 0 Å². The van der Waals surface area contributed by atoms with Crippen molar-refractivity contribution < 1.29 is 0 Å². The lowest BCUT2D eigenvalue weighted by Crippen LogP contribution is -2.46. The maximum Gasteiger partial charge on any atom is -0.0241 e. The summed E-state index contributed by atoms with van der Waals surface area (Å²) in [4.78, 5) is 0. The summed E-state index contributed by atoms with van der Waals surface area (Å²) in [5.74, 6) is 3.37. The molecule has 0 radical (unpaired) electrons. The van der Waals surface area contributed by atoms with E-state index in [1.807, 2.05) is 0 Å². The van der Waals surface area contributed by atoms with Crippen molar-refractivity contribution in [2.75, 3.05) is 0 Å². The molecule has 3 fully saturated rings. The molecule has 16 heavy (non-hydrogen) atoms. The van der Waals surface area contributed by atoms with E-state index in [-0.39, 0.29) is 0 Å². The topological polar surface area (TPSA) is 0 Å². The van der Waals surface area contributed by atoms with Gasteiger partial charge < -0.3 is 0 Å². The molecule has 0 atom stereocenters. The van der Waals surface area contributed by atoms with Gasteiger partial charge in [0.2, 0.25) is 0 Å². The summed E-state index contributed by atoms with van der Waals surface area (Å²) in [6.45, 7) is 2.39. The van der Waals surface area contributed by atoms with E-state index >= 15 is 0 Å². The highest BCUT2D eigenvalue weighted by Crippen LogP contribution is 2.60. The monoisotopic (exact) mass is 220 g/mol. The van der Waals surface area contributed by atoms with Gasteiger partial charge >= 0.3 is 0 Å². The van der Waals surface area contributed by atoms with Crippen LogP contribution in [0.3, 0.4) is 0 Å². The maximum absolute atomic E-state index is 2.39. The largest absolute Gasteiger partial charge is 0.0651 e. The van der Waals surface area contributed by atoms with Gasteiger partial charge in [0.25, 0.3) is 0 Å². The highest BCUT2D eigenvalue weighted by molar-refractivity contribution is 5.00. The van der Waals surface area contributed by atoms with Crippen LogP contribution in [0.1, 0.15) is 77.6 Å². The average Bonchev–Trinajstić information content (AvgIpc) is 2.13. The van der Waals surface area contributed by atoms with Crippen molar-refractivity contribution in [2.45, 2.75) is 77.6 Å². The first kappa shape index (κ1) is 11.1. The fourth-order valence-electron chi connectivity index (χ4n) is 4.74. The summed E-state index contributed by atoms with van der Waals surface area (Å²) < 4.78 is 0. The lowest BCUT2D eigenvalue weighted by Gasteiger charge is -2.56. The molecule has 0 heterocycles. The van der Waals surface area contributed by atoms with Gasteiger partial charge in [-0.3, -0.25) is 0 Å². The zero-order valence-electron chi connectivity index (χ0n) is 11.0. The van der Waals surface area contributed by atoms with Crippen LogP contribution >= 0.6 is 0 Å². The van der Waals surface area contributed by atoms with Crippen molar-refractivity contribution in [3.05, 3.63) is 0 Å². The van der Waals surface area contributed by atoms with E-state index in [1.54, 1.807) is 51.4 Å². The van der Waals surface area contributed by atoms with Gasteiger partial charge in [-0.1, -0.05) is 26.2 Å². The third-order valence-electron chi connectivity index (χ3n) is 6.45. The molecule has 0 saturated heterocycles. The van der Waals surface area contributed by atoms with Gasteiger partial charge in [-0.25, -0.2) is 0 Å². The molecule has 3 aliphatic rings. The molecule has 0 heteroatoms. The number of hydrogen-bond acceptors (Lipinski definition) is 0. The molecule has 0 unspecified atom stereocenters. The van der Waals surface area contributed by atoms with Gasteiger partial charge in [0.05, 0.1) is 0 Å². The van der Waals surface area contributed by atoms with Crippen molar-refractivity contribution in [3.63, 3.8) is 0 Å². The standard InChI is InChI=1S/C16H28/c1-2-13-9-11-16(12-10-13,14-5-3-6-14)15-7-4-8-15/h13-15H,2-12H2,1H3. The Balaban J connectivity index is 1.70. The minimum absolute atomic E-state index is 0.849. The van der Waals surface area contributed by atoms with Crippen LogP contribution in [0.5, 0.6) is 0 Å². The van der Waals surface area contributed by atoms with Crippen LogP contribution < -0.4 is 0 Å². The summed E-state index contributed by atoms with van der Waals surface area (Å²) in [5.41, 5.74) is 0.849. The molecule has 3 aliphatic carbocycles. The molecular formula is C16H28. The maximum atomic E-state index is 2.39. The molecule has 0 nitrogen and oxygen atoms in total. The smallest absolute Gasteiger partial charge is 0.0241 e. The Kier molecular flexibility index (Phi) is 3.02. The highest BCUT2D eigenvalue weighted by atomic mass is 14.5. The molecule has 3 rings (SSSR count). The summed E-state index contributed by atoms with van der Waals surface area (Å²) in [6, 6.07) is 0. The van der Waals surface area contributed by atoms with Crippen LogP contribution in [0, 0.1) is 23.2 Å². The Morgan fingerprint density at radius 2 is 1.31 bits per heavy atom. The van der Waals surface area contributed by atoms with Gasteiger partial charge in [0, 0.05) is 0 Å². The minimum Gasteiger partial charge on any atom is -0.0651 e.